The second-order valence-corrected chi connectivity index (χ2v) is 5.36. The van der Waals surface area contributed by atoms with Gasteiger partial charge in [0.15, 0.2) is 0 Å². The number of benzene rings is 1. The van der Waals surface area contributed by atoms with Crippen LogP contribution in [0.3, 0.4) is 0 Å². The summed E-state index contributed by atoms with van der Waals surface area (Å²) in [6, 6.07) is 2.75. The number of aromatic amines is 1. The van der Waals surface area contributed by atoms with Crippen molar-refractivity contribution < 1.29 is 12.8 Å². The number of nitrogens with one attached hydrogen (secondary N) is 1. The van der Waals surface area contributed by atoms with Gasteiger partial charge >= 0.3 is 0 Å². The zero-order valence-corrected chi connectivity index (χ0v) is 9.02. The van der Waals surface area contributed by atoms with E-state index in [1.807, 2.05) is 0 Å². The first-order chi connectivity index (χ1) is 6.88. The van der Waals surface area contributed by atoms with Crippen LogP contribution in [0.4, 0.5) is 4.39 Å². The maximum atomic E-state index is 13.2. The average Bonchev–Trinajstić information content (AvgIpc) is 2.47. The molecule has 1 aromatic heterocycles. The van der Waals surface area contributed by atoms with E-state index < -0.39 is 9.84 Å². The Balaban J connectivity index is 2.77. The SMILES string of the molecule is Cc1cc2nc(S(C)(=O)=O)[nH]c2cc1F. The van der Waals surface area contributed by atoms with E-state index in [4.69, 9.17) is 0 Å². The Morgan fingerprint density at radius 2 is 2.07 bits per heavy atom. The highest BCUT2D eigenvalue weighted by Crippen LogP contribution is 2.18. The molecule has 0 radical (unpaired) electrons. The van der Waals surface area contributed by atoms with E-state index in [0.29, 0.717) is 16.6 Å². The monoisotopic (exact) mass is 228 g/mol. The molecule has 0 amide bonds. The van der Waals surface area contributed by atoms with Crippen molar-refractivity contribution in [3.8, 4) is 0 Å². The lowest BCUT2D eigenvalue weighted by atomic mass is 10.2. The van der Waals surface area contributed by atoms with Crippen LogP contribution in [0.5, 0.6) is 0 Å². The van der Waals surface area contributed by atoms with Crippen molar-refractivity contribution in [3.05, 3.63) is 23.5 Å². The van der Waals surface area contributed by atoms with Gasteiger partial charge in [-0.15, -0.1) is 0 Å². The van der Waals surface area contributed by atoms with Crippen LogP contribution in [0.25, 0.3) is 11.0 Å². The molecule has 0 bridgehead atoms. The van der Waals surface area contributed by atoms with Gasteiger partial charge in [-0.05, 0) is 24.6 Å². The minimum atomic E-state index is -3.38. The summed E-state index contributed by atoms with van der Waals surface area (Å²) in [5, 5.41) is -0.137. The minimum absolute atomic E-state index is 0.137. The van der Waals surface area contributed by atoms with E-state index in [1.54, 1.807) is 6.92 Å². The zero-order chi connectivity index (χ0) is 11.2. The summed E-state index contributed by atoms with van der Waals surface area (Å²) in [5.41, 5.74) is 1.28. The first-order valence-electron chi connectivity index (χ1n) is 4.24. The Labute approximate surface area is 86.1 Å². The summed E-state index contributed by atoms with van der Waals surface area (Å²) in [4.78, 5) is 6.44. The molecule has 0 atom stereocenters. The van der Waals surface area contributed by atoms with Crippen molar-refractivity contribution in [2.75, 3.05) is 6.26 Å². The summed E-state index contributed by atoms with van der Waals surface area (Å²) < 4.78 is 35.5. The van der Waals surface area contributed by atoms with Crippen molar-refractivity contribution in [1.82, 2.24) is 9.97 Å². The number of nitrogens with zero attached hydrogens (tertiary/aromatic N) is 1. The highest BCUT2D eigenvalue weighted by molar-refractivity contribution is 7.90. The van der Waals surface area contributed by atoms with Crippen LogP contribution >= 0.6 is 0 Å². The maximum absolute atomic E-state index is 13.2. The van der Waals surface area contributed by atoms with Crippen LogP contribution in [0, 0.1) is 12.7 Å². The molecule has 1 heterocycles. The lowest BCUT2D eigenvalue weighted by Crippen LogP contribution is -1.98. The van der Waals surface area contributed by atoms with E-state index in [1.165, 1.54) is 12.1 Å². The molecule has 2 rings (SSSR count). The van der Waals surface area contributed by atoms with Gasteiger partial charge in [0.2, 0.25) is 15.0 Å². The number of hydrogen-bond donors (Lipinski definition) is 1. The molecule has 0 saturated heterocycles. The Kier molecular flexibility index (Phi) is 2.04. The highest BCUT2D eigenvalue weighted by Gasteiger charge is 2.13. The van der Waals surface area contributed by atoms with Gasteiger partial charge < -0.3 is 4.98 Å². The van der Waals surface area contributed by atoms with Gasteiger partial charge in [0.1, 0.15) is 5.82 Å². The van der Waals surface area contributed by atoms with E-state index >= 15 is 0 Å². The molecule has 2 aromatic rings. The van der Waals surface area contributed by atoms with Crippen LogP contribution < -0.4 is 0 Å². The fourth-order valence-electron chi connectivity index (χ4n) is 1.29. The number of hydrogen-bond acceptors (Lipinski definition) is 3. The molecule has 0 saturated carbocycles. The average molecular weight is 228 g/mol. The fraction of sp³-hybridized carbons (Fsp3) is 0.222. The Bertz CT molecular complexity index is 592. The summed E-state index contributed by atoms with van der Waals surface area (Å²) in [5.74, 6) is -0.383. The first-order valence-corrected chi connectivity index (χ1v) is 6.13. The molecule has 0 aliphatic heterocycles. The van der Waals surface area contributed by atoms with Crippen LogP contribution in [-0.2, 0) is 9.84 Å². The molecule has 0 unspecified atom stereocenters. The lowest BCUT2D eigenvalue weighted by Gasteiger charge is -1.93. The predicted molar refractivity (Wildman–Crippen MR) is 53.9 cm³/mol. The van der Waals surface area contributed by atoms with E-state index in [-0.39, 0.29) is 11.0 Å². The highest BCUT2D eigenvalue weighted by atomic mass is 32.2. The molecule has 0 aliphatic carbocycles. The molecule has 80 valence electrons. The molecular weight excluding hydrogens is 219 g/mol. The molecule has 1 aromatic carbocycles. The van der Waals surface area contributed by atoms with Crippen molar-refractivity contribution >= 4 is 20.9 Å². The van der Waals surface area contributed by atoms with Gasteiger partial charge in [0, 0.05) is 6.26 Å². The molecule has 4 nitrogen and oxygen atoms in total. The van der Waals surface area contributed by atoms with Crippen LogP contribution in [0.2, 0.25) is 0 Å². The number of H-pyrrole nitrogens is 1. The maximum Gasteiger partial charge on any atom is 0.225 e. The van der Waals surface area contributed by atoms with Crippen LogP contribution in [0.15, 0.2) is 17.3 Å². The Hall–Kier alpha value is -1.43. The third kappa shape index (κ3) is 1.72. The second-order valence-electron chi connectivity index (χ2n) is 3.43. The quantitative estimate of drug-likeness (QED) is 0.802. The van der Waals surface area contributed by atoms with Crippen LogP contribution in [-0.4, -0.2) is 24.6 Å². The summed E-state index contributed by atoms with van der Waals surface area (Å²) in [6.45, 7) is 1.60. The standard InChI is InChI=1S/C9H9FN2O2S/c1-5-3-7-8(4-6(5)10)12-9(11-7)15(2,13)14/h3-4H,1-2H3,(H,11,12). The van der Waals surface area contributed by atoms with Gasteiger partial charge in [-0.1, -0.05) is 0 Å². The van der Waals surface area contributed by atoms with Gasteiger partial charge in [-0.25, -0.2) is 17.8 Å². The topological polar surface area (TPSA) is 62.8 Å². The molecule has 1 N–H and O–H groups in total. The first kappa shape index (κ1) is 10.1. The third-order valence-corrected chi connectivity index (χ3v) is 2.99. The van der Waals surface area contributed by atoms with Crippen molar-refractivity contribution in [3.63, 3.8) is 0 Å². The fourth-order valence-corrected chi connectivity index (χ4v) is 1.85. The van der Waals surface area contributed by atoms with Crippen LogP contribution in [0.1, 0.15) is 5.56 Å². The number of imidazole rings is 1. The predicted octanol–water partition coefficient (Wildman–Crippen LogP) is 1.41. The summed E-state index contributed by atoms with van der Waals surface area (Å²) in [7, 11) is -3.38. The second kappa shape index (κ2) is 3.03. The number of halogens is 1. The minimum Gasteiger partial charge on any atom is -0.329 e. The van der Waals surface area contributed by atoms with Gasteiger partial charge in [-0.3, -0.25) is 0 Å². The lowest BCUT2D eigenvalue weighted by molar-refractivity contribution is 0.595. The number of rotatable bonds is 1. The zero-order valence-electron chi connectivity index (χ0n) is 8.20. The van der Waals surface area contributed by atoms with Gasteiger partial charge in [0.05, 0.1) is 11.0 Å². The summed E-state index contributed by atoms with van der Waals surface area (Å²) >= 11 is 0. The normalized spacial score (nSPS) is 12.2. The molecule has 15 heavy (non-hydrogen) atoms. The Morgan fingerprint density at radius 3 is 2.67 bits per heavy atom. The number of aromatic nitrogens is 2. The molecule has 0 fully saturated rings. The van der Waals surface area contributed by atoms with E-state index in [0.717, 1.165) is 6.26 Å². The number of fused-ring (bicyclic) bond motifs is 1. The molecule has 6 heteroatoms. The largest absolute Gasteiger partial charge is 0.329 e. The third-order valence-electron chi connectivity index (χ3n) is 2.09. The molecule has 0 spiro atoms. The van der Waals surface area contributed by atoms with Gasteiger partial charge in [-0.2, -0.15) is 0 Å². The number of sulfone groups is 1. The van der Waals surface area contributed by atoms with Crippen molar-refractivity contribution in [2.24, 2.45) is 0 Å². The molecule has 0 aliphatic rings. The molecular formula is C9H9FN2O2S. The van der Waals surface area contributed by atoms with Crippen molar-refractivity contribution in [2.45, 2.75) is 12.1 Å². The van der Waals surface area contributed by atoms with Crippen molar-refractivity contribution in [1.29, 1.82) is 0 Å². The Morgan fingerprint density at radius 1 is 1.40 bits per heavy atom. The smallest absolute Gasteiger partial charge is 0.225 e. The number of aryl methyl sites for hydroxylation is 1. The van der Waals surface area contributed by atoms with Gasteiger partial charge in [0.25, 0.3) is 0 Å². The van der Waals surface area contributed by atoms with E-state index in [9.17, 15) is 12.8 Å². The summed E-state index contributed by atoms with van der Waals surface area (Å²) in [6.07, 6.45) is 1.05. The van der Waals surface area contributed by atoms with E-state index in [2.05, 4.69) is 9.97 Å².